The van der Waals surface area contributed by atoms with Crippen molar-refractivity contribution >= 4 is 17.6 Å². The van der Waals surface area contributed by atoms with E-state index in [9.17, 15) is 4.79 Å². The van der Waals surface area contributed by atoms with E-state index in [-0.39, 0.29) is 11.3 Å². The molecule has 1 atom stereocenters. The minimum atomic E-state index is -0.396. The molecule has 0 rings (SSSR count). The number of hydrogen-bond acceptors (Lipinski definition) is 2. The van der Waals surface area contributed by atoms with Gasteiger partial charge >= 0.3 is 5.97 Å². The van der Waals surface area contributed by atoms with Crippen LogP contribution in [0.4, 0.5) is 0 Å². The number of esters is 1. The van der Waals surface area contributed by atoms with Crippen molar-refractivity contribution in [2.75, 3.05) is 6.61 Å². The Hall–Kier alpha value is -0.240. The number of carbonyl (C=O) groups is 1. The fourth-order valence-electron chi connectivity index (χ4n) is 0.746. The molecule has 0 aliphatic carbocycles. The Kier molecular flexibility index (Phi) is 5.38. The van der Waals surface area contributed by atoms with E-state index >= 15 is 0 Å². The van der Waals surface area contributed by atoms with Gasteiger partial charge in [-0.2, -0.15) is 0 Å². The molecule has 0 heterocycles. The van der Waals surface area contributed by atoms with E-state index < -0.39 is 5.41 Å². The summed E-state index contributed by atoms with van der Waals surface area (Å²) in [5.41, 5.74) is -0.396. The Balaban J connectivity index is 3.49. The maximum Gasteiger partial charge on any atom is 0.311 e. The predicted molar refractivity (Wildman–Crippen MR) is 55.0 cm³/mol. The lowest BCUT2D eigenvalue weighted by atomic mass is 9.97. The smallest absolute Gasteiger partial charge is 0.311 e. The van der Waals surface area contributed by atoms with Crippen LogP contribution in [0.1, 0.15) is 40.5 Å². The molecule has 0 fully saturated rings. The van der Waals surface area contributed by atoms with Gasteiger partial charge in [-0.25, -0.2) is 0 Å². The lowest BCUT2D eigenvalue weighted by Crippen LogP contribution is -2.23. The van der Waals surface area contributed by atoms with Gasteiger partial charge in [0, 0.05) is 5.38 Å². The van der Waals surface area contributed by atoms with Crippen LogP contribution in [0.2, 0.25) is 0 Å². The summed E-state index contributed by atoms with van der Waals surface area (Å²) in [7, 11) is 0. The van der Waals surface area contributed by atoms with Gasteiger partial charge in [0.25, 0.3) is 0 Å². The van der Waals surface area contributed by atoms with Crippen LogP contribution >= 0.6 is 11.6 Å². The van der Waals surface area contributed by atoms with Gasteiger partial charge < -0.3 is 4.74 Å². The summed E-state index contributed by atoms with van der Waals surface area (Å²) in [6, 6.07) is 0. The van der Waals surface area contributed by atoms with Crippen LogP contribution in [0.25, 0.3) is 0 Å². The Morgan fingerprint density at radius 3 is 2.38 bits per heavy atom. The Morgan fingerprint density at radius 2 is 2.00 bits per heavy atom. The Morgan fingerprint density at radius 1 is 1.46 bits per heavy atom. The van der Waals surface area contributed by atoms with Gasteiger partial charge in [0.05, 0.1) is 12.0 Å². The second kappa shape index (κ2) is 5.48. The lowest BCUT2D eigenvalue weighted by Gasteiger charge is -2.16. The number of halogens is 1. The van der Waals surface area contributed by atoms with Gasteiger partial charge in [0.1, 0.15) is 0 Å². The summed E-state index contributed by atoms with van der Waals surface area (Å²) in [5, 5.41) is 0.160. The van der Waals surface area contributed by atoms with Crippen molar-refractivity contribution in [2.24, 2.45) is 5.41 Å². The first kappa shape index (κ1) is 12.8. The summed E-state index contributed by atoms with van der Waals surface area (Å²) < 4.78 is 5.06. The SMILES string of the molecule is CC(Cl)CCCOC(=O)C(C)(C)C. The highest BCUT2D eigenvalue weighted by atomic mass is 35.5. The summed E-state index contributed by atoms with van der Waals surface area (Å²) in [6.07, 6.45) is 1.73. The van der Waals surface area contributed by atoms with E-state index in [2.05, 4.69) is 0 Å². The molecule has 0 aromatic carbocycles. The maximum absolute atomic E-state index is 11.3. The average molecular weight is 207 g/mol. The summed E-state index contributed by atoms with van der Waals surface area (Å²) >= 11 is 5.74. The van der Waals surface area contributed by atoms with Gasteiger partial charge in [-0.3, -0.25) is 4.79 Å². The van der Waals surface area contributed by atoms with Crippen molar-refractivity contribution in [3.05, 3.63) is 0 Å². The fourth-order valence-corrected chi connectivity index (χ4v) is 0.900. The molecule has 0 aliphatic heterocycles. The standard InChI is InChI=1S/C10H19ClO2/c1-8(11)6-5-7-13-9(12)10(2,3)4/h8H,5-7H2,1-4H3. The fraction of sp³-hybridized carbons (Fsp3) is 0.900. The van der Waals surface area contributed by atoms with Crippen LogP contribution in [0.3, 0.4) is 0 Å². The molecule has 0 spiro atoms. The van der Waals surface area contributed by atoms with Crippen molar-refractivity contribution in [3.8, 4) is 0 Å². The van der Waals surface area contributed by atoms with Gasteiger partial charge in [0.15, 0.2) is 0 Å². The van der Waals surface area contributed by atoms with Crippen molar-refractivity contribution in [3.63, 3.8) is 0 Å². The minimum absolute atomic E-state index is 0.144. The van der Waals surface area contributed by atoms with Crippen molar-refractivity contribution in [2.45, 2.75) is 45.9 Å². The molecule has 2 nitrogen and oxygen atoms in total. The molecule has 0 aromatic rings. The van der Waals surface area contributed by atoms with E-state index in [4.69, 9.17) is 16.3 Å². The number of ether oxygens (including phenoxy) is 1. The van der Waals surface area contributed by atoms with E-state index in [1.54, 1.807) is 0 Å². The molecule has 0 aliphatic rings. The molecular formula is C10H19ClO2. The monoisotopic (exact) mass is 206 g/mol. The van der Waals surface area contributed by atoms with Crippen LogP contribution in [0.15, 0.2) is 0 Å². The first-order chi connectivity index (χ1) is 5.84. The van der Waals surface area contributed by atoms with Crippen LogP contribution in [0.5, 0.6) is 0 Å². The van der Waals surface area contributed by atoms with Gasteiger partial charge in [-0.05, 0) is 40.5 Å². The highest BCUT2D eigenvalue weighted by molar-refractivity contribution is 6.20. The highest BCUT2D eigenvalue weighted by Crippen LogP contribution is 2.15. The maximum atomic E-state index is 11.3. The third kappa shape index (κ3) is 6.88. The number of rotatable bonds is 4. The van der Waals surface area contributed by atoms with Crippen LogP contribution in [-0.2, 0) is 9.53 Å². The van der Waals surface area contributed by atoms with E-state index in [0.29, 0.717) is 6.61 Å². The van der Waals surface area contributed by atoms with Gasteiger partial charge in [-0.15, -0.1) is 11.6 Å². The largest absolute Gasteiger partial charge is 0.465 e. The first-order valence-electron chi connectivity index (χ1n) is 4.65. The quantitative estimate of drug-likeness (QED) is 0.402. The van der Waals surface area contributed by atoms with E-state index in [1.807, 2.05) is 27.7 Å². The second-order valence-corrected chi connectivity index (χ2v) is 5.05. The molecule has 0 N–H and O–H groups in total. The average Bonchev–Trinajstić information content (AvgIpc) is 1.95. The second-order valence-electron chi connectivity index (χ2n) is 4.31. The van der Waals surface area contributed by atoms with Crippen LogP contribution in [0, 0.1) is 5.41 Å². The zero-order chi connectivity index (χ0) is 10.5. The van der Waals surface area contributed by atoms with Crippen molar-refractivity contribution < 1.29 is 9.53 Å². The van der Waals surface area contributed by atoms with E-state index in [0.717, 1.165) is 12.8 Å². The van der Waals surface area contributed by atoms with Gasteiger partial charge in [0.2, 0.25) is 0 Å². The summed E-state index contributed by atoms with van der Waals surface area (Å²) in [5.74, 6) is -0.144. The molecule has 0 amide bonds. The first-order valence-corrected chi connectivity index (χ1v) is 5.09. The number of alkyl halides is 1. The third-order valence-corrected chi connectivity index (χ3v) is 1.81. The highest BCUT2D eigenvalue weighted by Gasteiger charge is 2.22. The molecular weight excluding hydrogens is 188 g/mol. The van der Waals surface area contributed by atoms with Crippen LogP contribution < -0.4 is 0 Å². The molecule has 13 heavy (non-hydrogen) atoms. The molecule has 0 aromatic heterocycles. The summed E-state index contributed by atoms with van der Waals surface area (Å²) in [4.78, 5) is 11.3. The normalized spacial score (nSPS) is 13.9. The zero-order valence-electron chi connectivity index (χ0n) is 8.89. The third-order valence-electron chi connectivity index (χ3n) is 1.59. The summed E-state index contributed by atoms with van der Waals surface area (Å²) in [6.45, 7) is 7.96. The molecule has 0 saturated heterocycles. The molecule has 0 saturated carbocycles. The van der Waals surface area contributed by atoms with Gasteiger partial charge in [-0.1, -0.05) is 0 Å². The van der Waals surface area contributed by atoms with E-state index in [1.165, 1.54) is 0 Å². The molecule has 0 radical (unpaired) electrons. The minimum Gasteiger partial charge on any atom is -0.465 e. The number of hydrogen-bond donors (Lipinski definition) is 0. The number of carbonyl (C=O) groups excluding carboxylic acids is 1. The molecule has 78 valence electrons. The molecule has 3 heteroatoms. The Labute approximate surface area is 85.6 Å². The Bertz CT molecular complexity index is 159. The lowest BCUT2D eigenvalue weighted by molar-refractivity contribution is -0.153. The molecule has 1 unspecified atom stereocenters. The predicted octanol–water partition coefficient (Wildman–Crippen LogP) is 2.98. The topological polar surface area (TPSA) is 26.3 Å². The van der Waals surface area contributed by atoms with Crippen LogP contribution in [-0.4, -0.2) is 18.0 Å². The molecule has 0 bridgehead atoms. The zero-order valence-corrected chi connectivity index (χ0v) is 9.65. The van der Waals surface area contributed by atoms with Crippen molar-refractivity contribution in [1.82, 2.24) is 0 Å². The van der Waals surface area contributed by atoms with Crippen molar-refractivity contribution in [1.29, 1.82) is 0 Å².